The topological polar surface area (TPSA) is 87.0 Å². The summed E-state index contributed by atoms with van der Waals surface area (Å²) in [6.45, 7) is 2.28. The summed E-state index contributed by atoms with van der Waals surface area (Å²) in [7, 11) is 5.66. The van der Waals surface area contributed by atoms with E-state index < -0.39 is 0 Å². The van der Waals surface area contributed by atoms with Gasteiger partial charge in [0.1, 0.15) is 5.75 Å². The lowest BCUT2D eigenvalue weighted by Crippen LogP contribution is -2.23. The van der Waals surface area contributed by atoms with Crippen LogP contribution >= 0.6 is 11.8 Å². The summed E-state index contributed by atoms with van der Waals surface area (Å²) in [6.07, 6.45) is 2.42. The van der Waals surface area contributed by atoms with Gasteiger partial charge in [-0.15, -0.1) is 0 Å². The van der Waals surface area contributed by atoms with Crippen LogP contribution in [0.5, 0.6) is 17.2 Å². The second-order valence-electron chi connectivity index (χ2n) is 9.30. The number of benzene rings is 3. The average molecular weight is 543 g/mol. The minimum absolute atomic E-state index is 0.0573. The van der Waals surface area contributed by atoms with Crippen molar-refractivity contribution in [2.75, 3.05) is 32.7 Å². The normalized spacial score (nSPS) is 17.8. The zero-order valence-corrected chi connectivity index (χ0v) is 23.1. The molecule has 0 bridgehead atoms. The van der Waals surface area contributed by atoms with Crippen molar-refractivity contribution in [2.24, 2.45) is 10.1 Å². The first-order valence-electron chi connectivity index (χ1n) is 12.6. The Bertz CT molecular complexity index is 1460. The van der Waals surface area contributed by atoms with Crippen LogP contribution < -0.4 is 14.4 Å². The Morgan fingerprint density at radius 3 is 2.51 bits per heavy atom. The highest BCUT2D eigenvalue weighted by atomic mass is 32.2. The quantitative estimate of drug-likeness (QED) is 0.384. The molecule has 3 aromatic carbocycles. The maximum Gasteiger partial charge on any atom is 0.286 e. The molecule has 0 saturated carbocycles. The smallest absolute Gasteiger partial charge is 0.286 e. The highest BCUT2D eigenvalue weighted by Gasteiger charge is 2.36. The summed E-state index contributed by atoms with van der Waals surface area (Å²) in [5, 5.41) is 17.4. The number of anilines is 1. The SMILES string of the molecule is CCOc1cc(/C=C2\SC(N3N=C(c4ccc(OC)cc4)CC3c3ccc(N(C)C)cc3)=NC2=O)ccc1O. The molecule has 0 aliphatic carbocycles. The van der Waals surface area contributed by atoms with Crippen LogP contribution in [0, 0.1) is 0 Å². The molecule has 2 aliphatic heterocycles. The van der Waals surface area contributed by atoms with Gasteiger partial charge >= 0.3 is 0 Å². The van der Waals surface area contributed by atoms with Gasteiger partial charge in [0.25, 0.3) is 5.91 Å². The number of nitrogens with zero attached hydrogens (tertiary/aromatic N) is 4. The fourth-order valence-electron chi connectivity index (χ4n) is 4.44. The highest BCUT2D eigenvalue weighted by Crippen LogP contribution is 2.40. The predicted octanol–water partition coefficient (Wildman–Crippen LogP) is 5.69. The van der Waals surface area contributed by atoms with Crippen LogP contribution in [0.3, 0.4) is 0 Å². The molecule has 39 heavy (non-hydrogen) atoms. The number of aromatic hydroxyl groups is 1. The third-order valence-electron chi connectivity index (χ3n) is 6.51. The molecule has 8 nitrogen and oxygen atoms in total. The molecule has 200 valence electrons. The lowest BCUT2D eigenvalue weighted by molar-refractivity contribution is -0.113. The number of amides is 1. The molecule has 5 rings (SSSR count). The molecular weight excluding hydrogens is 512 g/mol. The van der Waals surface area contributed by atoms with E-state index in [2.05, 4.69) is 34.2 Å². The van der Waals surface area contributed by atoms with E-state index in [9.17, 15) is 9.90 Å². The number of thioether (sulfide) groups is 1. The molecule has 0 fully saturated rings. The molecule has 0 aromatic heterocycles. The molecule has 2 heterocycles. The van der Waals surface area contributed by atoms with Crippen LogP contribution in [0.2, 0.25) is 0 Å². The molecule has 0 saturated heterocycles. The fourth-order valence-corrected chi connectivity index (χ4v) is 5.35. The van der Waals surface area contributed by atoms with E-state index in [0.29, 0.717) is 28.9 Å². The molecular formula is C30H30N4O4S. The van der Waals surface area contributed by atoms with Crippen molar-refractivity contribution in [1.82, 2.24) is 5.01 Å². The van der Waals surface area contributed by atoms with Crippen molar-refractivity contribution in [1.29, 1.82) is 0 Å². The predicted molar refractivity (Wildman–Crippen MR) is 157 cm³/mol. The molecule has 9 heteroatoms. The van der Waals surface area contributed by atoms with Gasteiger partial charge in [-0.25, -0.2) is 5.01 Å². The van der Waals surface area contributed by atoms with Gasteiger partial charge in [-0.05, 0) is 90.0 Å². The van der Waals surface area contributed by atoms with E-state index in [-0.39, 0.29) is 17.7 Å². The fraction of sp³-hybridized carbons (Fsp3) is 0.233. The molecule has 0 spiro atoms. The third-order valence-corrected chi connectivity index (χ3v) is 7.49. The first kappa shape index (κ1) is 26.4. The lowest BCUT2D eigenvalue weighted by atomic mass is 9.98. The number of methoxy groups -OCH3 is 1. The zero-order chi connectivity index (χ0) is 27.5. The molecule has 1 amide bonds. The minimum atomic E-state index is -0.323. The van der Waals surface area contributed by atoms with Gasteiger partial charge in [0.2, 0.25) is 0 Å². The second kappa shape index (κ2) is 11.2. The summed E-state index contributed by atoms with van der Waals surface area (Å²) in [6, 6.07) is 21.1. The van der Waals surface area contributed by atoms with E-state index in [4.69, 9.17) is 14.6 Å². The van der Waals surface area contributed by atoms with E-state index in [1.165, 1.54) is 11.8 Å². The maximum absolute atomic E-state index is 13.0. The Kier molecular flexibility index (Phi) is 7.60. The number of hydrogen-bond acceptors (Lipinski definition) is 8. The molecule has 1 N–H and O–H groups in total. The number of aliphatic imine (C=N–C) groups is 1. The number of phenolic OH excluding ortho intramolecular Hbond substituents is 1. The van der Waals surface area contributed by atoms with Gasteiger partial charge in [0.05, 0.1) is 30.4 Å². The van der Waals surface area contributed by atoms with E-state index in [1.54, 1.807) is 31.4 Å². The van der Waals surface area contributed by atoms with Crippen molar-refractivity contribution in [3.8, 4) is 17.2 Å². The Morgan fingerprint density at radius 1 is 1.10 bits per heavy atom. The Balaban J connectivity index is 1.46. The van der Waals surface area contributed by atoms with E-state index in [1.807, 2.05) is 50.3 Å². The van der Waals surface area contributed by atoms with Crippen LogP contribution in [0.25, 0.3) is 6.08 Å². The van der Waals surface area contributed by atoms with Crippen molar-refractivity contribution in [3.63, 3.8) is 0 Å². The zero-order valence-electron chi connectivity index (χ0n) is 22.3. The van der Waals surface area contributed by atoms with Crippen LogP contribution in [-0.4, -0.2) is 54.7 Å². The molecule has 3 aromatic rings. The highest BCUT2D eigenvalue weighted by molar-refractivity contribution is 8.18. The summed E-state index contributed by atoms with van der Waals surface area (Å²) < 4.78 is 10.8. The summed E-state index contributed by atoms with van der Waals surface area (Å²) in [5.74, 6) is 0.888. The number of amidine groups is 1. The number of ether oxygens (including phenoxy) is 2. The number of rotatable bonds is 7. The van der Waals surface area contributed by atoms with Gasteiger partial charge in [-0.2, -0.15) is 10.1 Å². The third kappa shape index (κ3) is 5.63. The first-order valence-corrected chi connectivity index (χ1v) is 13.4. The van der Waals surface area contributed by atoms with Gasteiger partial charge in [-0.1, -0.05) is 18.2 Å². The number of hydrogen-bond donors (Lipinski definition) is 1. The Hall–Kier alpha value is -4.24. The molecule has 0 radical (unpaired) electrons. The molecule has 1 unspecified atom stereocenters. The van der Waals surface area contributed by atoms with Crippen molar-refractivity contribution in [2.45, 2.75) is 19.4 Å². The Morgan fingerprint density at radius 2 is 1.85 bits per heavy atom. The number of phenols is 1. The van der Waals surface area contributed by atoms with Gasteiger partial charge in [0.15, 0.2) is 16.7 Å². The standard InChI is InChI=1S/C30H30N4O4S/c1-5-38-27-16-19(6-15-26(27)35)17-28-29(36)31-30(39-28)34-25(21-7-11-22(12-8-21)33(2)3)18-24(32-34)20-9-13-23(37-4)14-10-20/h6-17,25,35H,5,18H2,1-4H3/b28-17-. The van der Waals surface area contributed by atoms with Crippen LogP contribution in [0.15, 0.2) is 81.7 Å². The average Bonchev–Trinajstić information content (AvgIpc) is 3.54. The van der Waals surface area contributed by atoms with Gasteiger partial charge in [-0.3, -0.25) is 4.79 Å². The van der Waals surface area contributed by atoms with Crippen LogP contribution in [0.1, 0.15) is 36.1 Å². The van der Waals surface area contributed by atoms with Crippen molar-refractivity contribution in [3.05, 3.63) is 88.3 Å². The summed E-state index contributed by atoms with van der Waals surface area (Å²) in [5.41, 5.74) is 4.83. The van der Waals surface area contributed by atoms with E-state index in [0.717, 1.165) is 33.8 Å². The number of hydrazone groups is 1. The first-order chi connectivity index (χ1) is 18.9. The van der Waals surface area contributed by atoms with E-state index >= 15 is 0 Å². The minimum Gasteiger partial charge on any atom is -0.504 e. The summed E-state index contributed by atoms with van der Waals surface area (Å²) >= 11 is 1.29. The number of carbonyl (C=O) groups is 1. The number of carbonyl (C=O) groups excluding carboxylic acids is 1. The van der Waals surface area contributed by atoms with Gasteiger partial charge in [0, 0.05) is 26.2 Å². The summed E-state index contributed by atoms with van der Waals surface area (Å²) in [4.78, 5) is 19.9. The van der Waals surface area contributed by atoms with Crippen molar-refractivity contribution >= 4 is 40.3 Å². The Labute approximate surface area is 232 Å². The maximum atomic E-state index is 13.0. The lowest BCUT2D eigenvalue weighted by Gasteiger charge is -2.23. The largest absolute Gasteiger partial charge is 0.504 e. The van der Waals surface area contributed by atoms with Crippen LogP contribution in [-0.2, 0) is 4.79 Å². The monoisotopic (exact) mass is 542 g/mol. The van der Waals surface area contributed by atoms with Crippen LogP contribution in [0.4, 0.5) is 5.69 Å². The second-order valence-corrected chi connectivity index (χ2v) is 10.3. The van der Waals surface area contributed by atoms with Crippen molar-refractivity contribution < 1.29 is 19.4 Å². The molecule has 2 aliphatic rings. The van der Waals surface area contributed by atoms with Gasteiger partial charge < -0.3 is 19.5 Å². The molecule has 1 atom stereocenters.